The van der Waals surface area contributed by atoms with Crippen molar-refractivity contribution in [2.75, 3.05) is 29.8 Å². The number of benzene rings is 2. The maximum absolute atomic E-state index is 12.9. The van der Waals surface area contributed by atoms with Crippen molar-refractivity contribution in [3.8, 4) is 5.75 Å². The summed E-state index contributed by atoms with van der Waals surface area (Å²) in [4.78, 5) is 17.4. The lowest BCUT2D eigenvalue weighted by Gasteiger charge is -2.32. The summed E-state index contributed by atoms with van der Waals surface area (Å²) >= 11 is 1.15. The number of sulfonamides is 1. The first-order valence-electron chi connectivity index (χ1n) is 10.8. The fourth-order valence-electron chi connectivity index (χ4n) is 3.99. The second-order valence-electron chi connectivity index (χ2n) is 8.20. The molecule has 2 heterocycles. The van der Waals surface area contributed by atoms with Crippen molar-refractivity contribution in [3.05, 3.63) is 64.5 Å². The molecule has 1 fully saturated rings. The Morgan fingerprint density at radius 1 is 1.22 bits per heavy atom. The first-order chi connectivity index (χ1) is 17.0. The van der Waals surface area contributed by atoms with Gasteiger partial charge in [-0.05, 0) is 48.7 Å². The fourth-order valence-corrected chi connectivity index (χ4v) is 6.19. The van der Waals surface area contributed by atoms with Crippen molar-refractivity contribution in [1.29, 1.82) is 0 Å². The van der Waals surface area contributed by atoms with Gasteiger partial charge < -0.3 is 14.7 Å². The lowest BCUT2D eigenvalue weighted by atomic mass is 9.90. The molecule has 0 bridgehead atoms. The maximum Gasteiger partial charge on any atom is 0.416 e. The van der Waals surface area contributed by atoms with E-state index >= 15 is 0 Å². The quantitative estimate of drug-likeness (QED) is 0.431. The van der Waals surface area contributed by atoms with Crippen LogP contribution in [0.4, 0.5) is 24.0 Å². The summed E-state index contributed by atoms with van der Waals surface area (Å²) in [5.74, 6) is -1.15. The number of anilines is 2. The van der Waals surface area contributed by atoms with Crippen molar-refractivity contribution in [2.45, 2.75) is 30.0 Å². The highest BCUT2D eigenvalue weighted by molar-refractivity contribution is 7.92. The number of piperidine rings is 1. The van der Waals surface area contributed by atoms with E-state index < -0.39 is 27.7 Å². The van der Waals surface area contributed by atoms with Gasteiger partial charge in [-0.1, -0.05) is 12.1 Å². The number of halogens is 3. The number of nitrogens with one attached hydrogen (secondary N) is 1. The number of rotatable bonds is 7. The summed E-state index contributed by atoms with van der Waals surface area (Å²) in [5, 5.41) is 10.8. The van der Waals surface area contributed by atoms with Gasteiger partial charge in [-0.2, -0.15) is 21.6 Å². The molecule has 8 nitrogen and oxygen atoms in total. The lowest BCUT2D eigenvalue weighted by Crippen LogP contribution is -2.34. The summed E-state index contributed by atoms with van der Waals surface area (Å²) < 4.78 is 72.0. The molecule has 1 saturated heterocycles. The van der Waals surface area contributed by atoms with Crippen molar-refractivity contribution in [2.24, 2.45) is 0 Å². The van der Waals surface area contributed by atoms with Gasteiger partial charge in [0.2, 0.25) is 0 Å². The number of ether oxygens (including phenoxy) is 1. The van der Waals surface area contributed by atoms with E-state index in [0.29, 0.717) is 18.2 Å². The Morgan fingerprint density at radius 3 is 2.58 bits per heavy atom. The third-order valence-electron chi connectivity index (χ3n) is 5.84. The van der Waals surface area contributed by atoms with Gasteiger partial charge in [0.05, 0.1) is 23.9 Å². The summed E-state index contributed by atoms with van der Waals surface area (Å²) in [6.07, 6.45) is -2.82. The van der Waals surface area contributed by atoms with E-state index in [0.717, 1.165) is 41.9 Å². The highest BCUT2D eigenvalue weighted by atomic mass is 32.2. The highest BCUT2D eigenvalue weighted by Gasteiger charge is 2.31. The van der Waals surface area contributed by atoms with Crippen LogP contribution in [-0.4, -0.2) is 44.7 Å². The summed E-state index contributed by atoms with van der Waals surface area (Å²) in [5.41, 5.74) is 0.0990. The number of thiazole rings is 1. The van der Waals surface area contributed by atoms with Gasteiger partial charge in [-0.15, -0.1) is 11.3 Å². The number of hydrogen-bond acceptors (Lipinski definition) is 7. The molecule has 4 rings (SSSR count). The van der Waals surface area contributed by atoms with E-state index in [2.05, 4.69) is 9.71 Å². The van der Waals surface area contributed by atoms with Crippen LogP contribution in [0.25, 0.3) is 0 Å². The first kappa shape index (κ1) is 25.8. The van der Waals surface area contributed by atoms with Gasteiger partial charge in [-0.25, -0.2) is 9.78 Å². The Labute approximate surface area is 209 Å². The van der Waals surface area contributed by atoms with Crippen LogP contribution >= 0.6 is 11.3 Å². The first-order valence-corrected chi connectivity index (χ1v) is 13.2. The molecule has 0 aliphatic carbocycles. The summed E-state index contributed by atoms with van der Waals surface area (Å²) in [7, 11) is -2.80. The number of carboxylic acid groups (broad SMARTS) is 1. The Hall–Kier alpha value is -3.32. The summed E-state index contributed by atoms with van der Waals surface area (Å²) in [6, 6.07) is 8.89. The van der Waals surface area contributed by atoms with Crippen LogP contribution in [0.5, 0.6) is 5.75 Å². The molecule has 13 heteroatoms. The van der Waals surface area contributed by atoms with Crippen LogP contribution < -0.4 is 14.4 Å². The highest BCUT2D eigenvalue weighted by Crippen LogP contribution is 2.35. The Bertz CT molecular complexity index is 1360. The minimum Gasteiger partial charge on any atom is -0.495 e. The number of aromatic nitrogens is 1. The number of carbonyl (C=O) groups is 1. The van der Waals surface area contributed by atoms with Gasteiger partial charge >= 0.3 is 12.1 Å². The topological polar surface area (TPSA) is 109 Å². The van der Waals surface area contributed by atoms with E-state index in [-0.39, 0.29) is 27.9 Å². The maximum atomic E-state index is 12.9. The van der Waals surface area contributed by atoms with Crippen LogP contribution in [0, 0.1) is 0 Å². The number of methoxy groups -OCH3 is 1. The zero-order chi connectivity index (χ0) is 26.1. The van der Waals surface area contributed by atoms with Gasteiger partial charge in [0.15, 0.2) is 10.2 Å². The second kappa shape index (κ2) is 9.97. The largest absolute Gasteiger partial charge is 0.495 e. The van der Waals surface area contributed by atoms with Crippen molar-refractivity contribution in [1.82, 2.24) is 4.98 Å². The third-order valence-corrected chi connectivity index (χ3v) is 8.14. The van der Waals surface area contributed by atoms with Crippen LogP contribution in [0.2, 0.25) is 0 Å². The molecular weight excluding hydrogens is 519 g/mol. The average molecular weight is 542 g/mol. The molecule has 3 aromatic rings. The molecule has 0 radical (unpaired) electrons. The minimum absolute atomic E-state index is 0.0138. The normalized spacial score (nSPS) is 16.6. The third kappa shape index (κ3) is 5.57. The Kier molecular flexibility index (Phi) is 7.14. The molecule has 1 atom stereocenters. The molecule has 1 aromatic heterocycles. The number of nitrogens with zero attached hydrogens (tertiary/aromatic N) is 2. The van der Waals surface area contributed by atoms with E-state index in [4.69, 9.17) is 9.84 Å². The Morgan fingerprint density at radius 2 is 1.94 bits per heavy atom. The SMILES string of the molecule is COc1cc(C(=O)O)ccc1NS(=O)(=O)c1csc(N2CCCC(c3ccc(C(F)(F)F)cc3)C2)n1. The summed E-state index contributed by atoms with van der Waals surface area (Å²) in [6.45, 7) is 1.14. The van der Waals surface area contributed by atoms with Gasteiger partial charge in [0.1, 0.15) is 5.75 Å². The molecule has 2 aromatic carbocycles. The van der Waals surface area contributed by atoms with Gasteiger partial charge in [0.25, 0.3) is 10.0 Å². The van der Waals surface area contributed by atoms with E-state index in [9.17, 15) is 26.4 Å². The second-order valence-corrected chi connectivity index (χ2v) is 10.7. The van der Waals surface area contributed by atoms with Crippen molar-refractivity contribution < 1.29 is 36.2 Å². The number of alkyl halides is 3. The monoisotopic (exact) mass is 541 g/mol. The van der Waals surface area contributed by atoms with E-state index in [1.165, 1.54) is 42.8 Å². The van der Waals surface area contributed by atoms with Crippen LogP contribution in [0.15, 0.2) is 52.9 Å². The van der Waals surface area contributed by atoms with E-state index in [1.807, 2.05) is 4.90 Å². The molecule has 1 aliphatic rings. The lowest BCUT2D eigenvalue weighted by molar-refractivity contribution is -0.137. The van der Waals surface area contributed by atoms with Crippen LogP contribution in [-0.2, 0) is 16.2 Å². The van der Waals surface area contributed by atoms with E-state index in [1.54, 1.807) is 0 Å². The molecule has 0 amide bonds. The average Bonchev–Trinajstić information content (AvgIpc) is 3.35. The molecule has 0 spiro atoms. The fraction of sp³-hybridized carbons (Fsp3) is 0.304. The molecule has 2 N–H and O–H groups in total. The minimum atomic E-state index is -4.39. The van der Waals surface area contributed by atoms with Gasteiger partial charge in [-0.3, -0.25) is 4.72 Å². The molecule has 1 unspecified atom stereocenters. The standard InChI is InChI=1S/C23H22F3N3O5S2/c1-34-19-11-15(21(30)31)6-9-18(19)28-36(32,33)20-13-35-22(27-20)29-10-2-3-16(12-29)14-4-7-17(8-5-14)23(24,25)26/h4-9,11,13,16,28H,2-3,10,12H2,1H3,(H,30,31). The predicted octanol–water partition coefficient (Wildman–Crippen LogP) is 5.05. The van der Waals surface area contributed by atoms with Crippen molar-refractivity contribution in [3.63, 3.8) is 0 Å². The number of aromatic carboxylic acids is 1. The van der Waals surface area contributed by atoms with Gasteiger partial charge in [0, 0.05) is 24.4 Å². The smallest absolute Gasteiger partial charge is 0.416 e. The number of hydrogen-bond donors (Lipinski definition) is 2. The molecule has 36 heavy (non-hydrogen) atoms. The zero-order valence-electron chi connectivity index (χ0n) is 18.9. The molecular formula is C23H22F3N3O5S2. The number of carboxylic acids is 1. The molecule has 192 valence electrons. The predicted molar refractivity (Wildman–Crippen MR) is 129 cm³/mol. The Balaban J connectivity index is 1.49. The molecule has 1 aliphatic heterocycles. The molecule has 0 saturated carbocycles. The zero-order valence-corrected chi connectivity index (χ0v) is 20.6. The van der Waals surface area contributed by atoms with Crippen LogP contribution in [0.1, 0.15) is 40.2 Å². The van der Waals surface area contributed by atoms with Crippen molar-refractivity contribution >= 4 is 38.1 Å². The van der Waals surface area contributed by atoms with Crippen LogP contribution in [0.3, 0.4) is 0 Å².